The van der Waals surface area contributed by atoms with Crippen molar-refractivity contribution in [2.75, 3.05) is 11.4 Å². The molecule has 0 amide bonds. The molecule has 1 aliphatic rings. The van der Waals surface area contributed by atoms with Crippen LogP contribution in [-0.2, 0) is 6.54 Å². The lowest BCUT2D eigenvalue weighted by molar-refractivity contribution is 0.517. The monoisotopic (exact) mass is 267 g/mol. The molecule has 1 aromatic rings. The molecule has 1 fully saturated rings. The maximum absolute atomic E-state index is 4.77. The first kappa shape index (κ1) is 13.8. The van der Waals surface area contributed by atoms with Crippen LogP contribution in [0.25, 0.3) is 0 Å². The predicted molar refractivity (Wildman–Crippen MR) is 79.5 cm³/mol. The van der Waals surface area contributed by atoms with Crippen molar-refractivity contribution in [2.24, 2.45) is 0 Å². The molecule has 18 heavy (non-hydrogen) atoms. The van der Waals surface area contributed by atoms with E-state index in [0.717, 1.165) is 13.1 Å². The van der Waals surface area contributed by atoms with Crippen molar-refractivity contribution in [3.05, 3.63) is 10.6 Å². The predicted octanol–water partition coefficient (Wildman–Crippen LogP) is 3.33. The van der Waals surface area contributed by atoms with E-state index in [0.29, 0.717) is 6.04 Å². The van der Waals surface area contributed by atoms with Crippen molar-refractivity contribution in [3.8, 4) is 0 Å². The summed E-state index contributed by atoms with van der Waals surface area (Å²) in [5.74, 6) is 0. The molecule has 0 radical (unpaired) electrons. The summed E-state index contributed by atoms with van der Waals surface area (Å²) in [4.78, 5) is 8.62. The largest absolute Gasteiger partial charge is 0.343 e. The normalized spacial score (nSPS) is 18.9. The Morgan fingerprint density at radius 2 is 2.17 bits per heavy atom. The van der Waals surface area contributed by atoms with Gasteiger partial charge in [-0.05, 0) is 33.6 Å². The molecule has 102 valence electrons. The van der Waals surface area contributed by atoms with Crippen LogP contribution in [0.4, 0.5) is 5.13 Å². The lowest BCUT2D eigenvalue weighted by Crippen LogP contribution is -2.38. The molecule has 1 aliphatic heterocycles. The van der Waals surface area contributed by atoms with E-state index >= 15 is 0 Å². The van der Waals surface area contributed by atoms with E-state index in [1.807, 2.05) is 11.3 Å². The van der Waals surface area contributed by atoms with Gasteiger partial charge in [-0.2, -0.15) is 0 Å². The average Bonchev–Trinajstić information content (AvgIpc) is 2.78. The maximum Gasteiger partial charge on any atom is 0.186 e. The molecule has 0 spiro atoms. The quantitative estimate of drug-likeness (QED) is 0.907. The SMILES string of the molecule is Cc1nc(N2CCCC2(C)C)sc1CNC(C)C. The second-order valence-electron chi connectivity index (χ2n) is 6.11. The molecule has 0 saturated carbocycles. The summed E-state index contributed by atoms with van der Waals surface area (Å²) in [6.45, 7) is 13.2. The minimum Gasteiger partial charge on any atom is -0.343 e. The van der Waals surface area contributed by atoms with Gasteiger partial charge < -0.3 is 10.2 Å². The van der Waals surface area contributed by atoms with Gasteiger partial charge in [0.1, 0.15) is 0 Å². The lowest BCUT2D eigenvalue weighted by Gasteiger charge is -2.31. The molecule has 0 atom stereocenters. The number of aromatic nitrogens is 1. The topological polar surface area (TPSA) is 28.2 Å². The van der Waals surface area contributed by atoms with Crippen LogP contribution in [0.15, 0.2) is 0 Å². The van der Waals surface area contributed by atoms with Gasteiger partial charge in [0, 0.05) is 29.5 Å². The van der Waals surface area contributed by atoms with Gasteiger partial charge in [-0.1, -0.05) is 13.8 Å². The number of hydrogen-bond donors (Lipinski definition) is 1. The molecule has 2 rings (SSSR count). The van der Waals surface area contributed by atoms with Crippen LogP contribution in [0.1, 0.15) is 51.1 Å². The Balaban J connectivity index is 2.13. The Hall–Kier alpha value is -0.610. The molecule has 0 aromatic carbocycles. The summed E-state index contributed by atoms with van der Waals surface area (Å²) >= 11 is 1.85. The fraction of sp³-hybridized carbons (Fsp3) is 0.786. The van der Waals surface area contributed by atoms with Crippen molar-refractivity contribution in [1.29, 1.82) is 0 Å². The van der Waals surface area contributed by atoms with Crippen LogP contribution < -0.4 is 10.2 Å². The first-order valence-electron chi connectivity index (χ1n) is 6.87. The van der Waals surface area contributed by atoms with Gasteiger partial charge >= 0.3 is 0 Å². The van der Waals surface area contributed by atoms with E-state index < -0.39 is 0 Å². The molecule has 4 heteroatoms. The van der Waals surface area contributed by atoms with E-state index in [1.165, 1.54) is 28.5 Å². The van der Waals surface area contributed by atoms with Crippen molar-refractivity contribution < 1.29 is 0 Å². The second-order valence-corrected chi connectivity index (χ2v) is 7.17. The standard InChI is InChI=1S/C14H25N3S/c1-10(2)15-9-12-11(3)16-13(18-12)17-8-6-7-14(17,4)5/h10,15H,6-9H2,1-5H3. The summed E-state index contributed by atoms with van der Waals surface area (Å²) < 4.78 is 0. The highest BCUT2D eigenvalue weighted by Crippen LogP contribution is 2.36. The highest BCUT2D eigenvalue weighted by Gasteiger charge is 2.33. The van der Waals surface area contributed by atoms with E-state index in [2.05, 4.69) is 44.8 Å². The Morgan fingerprint density at radius 1 is 1.44 bits per heavy atom. The van der Waals surface area contributed by atoms with Crippen LogP contribution in [-0.4, -0.2) is 23.1 Å². The highest BCUT2D eigenvalue weighted by molar-refractivity contribution is 7.15. The van der Waals surface area contributed by atoms with Crippen molar-refractivity contribution in [2.45, 2.75) is 65.6 Å². The van der Waals surface area contributed by atoms with Gasteiger partial charge in [0.25, 0.3) is 0 Å². The Kier molecular flexibility index (Phi) is 3.97. The fourth-order valence-electron chi connectivity index (χ4n) is 2.45. The summed E-state index contributed by atoms with van der Waals surface area (Å²) in [6.07, 6.45) is 2.55. The van der Waals surface area contributed by atoms with E-state index in [4.69, 9.17) is 4.98 Å². The van der Waals surface area contributed by atoms with Crippen LogP contribution in [0.5, 0.6) is 0 Å². The zero-order valence-electron chi connectivity index (χ0n) is 12.2. The number of anilines is 1. The highest BCUT2D eigenvalue weighted by atomic mass is 32.1. The van der Waals surface area contributed by atoms with Crippen LogP contribution in [0.3, 0.4) is 0 Å². The van der Waals surface area contributed by atoms with Crippen LogP contribution in [0, 0.1) is 6.92 Å². The summed E-state index contributed by atoms with van der Waals surface area (Å²) in [5.41, 5.74) is 1.46. The molecular formula is C14H25N3S. The zero-order chi connectivity index (χ0) is 13.3. The van der Waals surface area contributed by atoms with Gasteiger partial charge in [-0.25, -0.2) is 4.98 Å². The number of hydrogen-bond acceptors (Lipinski definition) is 4. The molecule has 2 heterocycles. The number of rotatable bonds is 4. The smallest absolute Gasteiger partial charge is 0.186 e. The Morgan fingerprint density at radius 3 is 2.72 bits per heavy atom. The van der Waals surface area contributed by atoms with Gasteiger partial charge in [-0.3, -0.25) is 0 Å². The Bertz CT molecular complexity index is 409. The van der Waals surface area contributed by atoms with Gasteiger partial charge in [0.15, 0.2) is 5.13 Å². The molecular weight excluding hydrogens is 242 g/mol. The molecule has 0 unspecified atom stereocenters. The first-order chi connectivity index (χ1) is 8.40. The molecule has 3 nitrogen and oxygen atoms in total. The third-order valence-corrected chi connectivity index (χ3v) is 4.86. The molecule has 1 aromatic heterocycles. The number of aryl methyl sites for hydroxylation is 1. The second kappa shape index (κ2) is 5.17. The summed E-state index contributed by atoms with van der Waals surface area (Å²) in [5, 5.41) is 4.68. The molecule has 0 aliphatic carbocycles. The average molecular weight is 267 g/mol. The van der Waals surface area contributed by atoms with E-state index in [1.54, 1.807) is 0 Å². The maximum atomic E-state index is 4.77. The minimum atomic E-state index is 0.271. The molecule has 0 bridgehead atoms. The van der Waals surface area contributed by atoms with Gasteiger partial charge in [-0.15, -0.1) is 11.3 Å². The summed E-state index contributed by atoms with van der Waals surface area (Å²) in [6, 6.07) is 0.526. The van der Waals surface area contributed by atoms with E-state index in [9.17, 15) is 0 Å². The minimum absolute atomic E-state index is 0.271. The van der Waals surface area contributed by atoms with Gasteiger partial charge in [0.2, 0.25) is 0 Å². The van der Waals surface area contributed by atoms with Crippen molar-refractivity contribution >= 4 is 16.5 Å². The lowest BCUT2D eigenvalue weighted by atomic mass is 10.0. The van der Waals surface area contributed by atoms with E-state index in [-0.39, 0.29) is 5.54 Å². The third-order valence-electron chi connectivity index (χ3n) is 3.68. The van der Waals surface area contributed by atoms with Crippen molar-refractivity contribution in [3.63, 3.8) is 0 Å². The zero-order valence-corrected chi connectivity index (χ0v) is 13.0. The summed E-state index contributed by atoms with van der Waals surface area (Å²) in [7, 11) is 0. The number of thiazole rings is 1. The number of nitrogens with zero attached hydrogens (tertiary/aromatic N) is 2. The van der Waals surface area contributed by atoms with Crippen molar-refractivity contribution in [1.82, 2.24) is 10.3 Å². The third kappa shape index (κ3) is 2.86. The molecule has 1 N–H and O–H groups in total. The first-order valence-corrected chi connectivity index (χ1v) is 7.69. The van der Waals surface area contributed by atoms with Crippen LogP contribution >= 0.6 is 11.3 Å². The Labute approximate surface area is 115 Å². The molecule has 1 saturated heterocycles. The van der Waals surface area contributed by atoms with Crippen LogP contribution in [0.2, 0.25) is 0 Å². The fourth-order valence-corrected chi connectivity index (χ4v) is 3.65. The van der Waals surface area contributed by atoms with Gasteiger partial charge in [0.05, 0.1) is 5.69 Å². The number of nitrogens with one attached hydrogen (secondary N) is 1.